The van der Waals surface area contributed by atoms with Gasteiger partial charge in [0, 0.05) is 39.4 Å². The normalized spacial score (nSPS) is 18.0. The number of nitrogens with zero attached hydrogens (tertiary/aromatic N) is 5. The van der Waals surface area contributed by atoms with Gasteiger partial charge >= 0.3 is 5.92 Å². The number of halogens is 3. The first-order valence-corrected chi connectivity index (χ1v) is 9.24. The fraction of sp³-hybridized carbons (Fsp3) is 0.562. The van der Waals surface area contributed by atoms with Crippen molar-refractivity contribution in [2.75, 3.05) is 38.6 Å². The van der Waals surface area contributed by atoms with Crippen LogP contribution >= 0.6 is 22.6 Å². The number of aromatic amines is 1. The number of H-pyrrole nitrogens is 1. The quantitative estimate of drug-likeness (QED) is 0.549. The molecule has 1 fully saturated rings. The SMILES string of the molecule is CN=C(I)C(F)(F)CN1CCC(N(C)c2ncnc3[nH]ccc23)CC1. The van der Waals surface area contributed by atoms with Crippen LogP contribution in [0.25, 0.3) is 11.0 Å². The third-order valence-electron chi connectivity index (χ3n) is 4.69. The van der Waals surface area contributed by atoms with Crippen molar-refractivity contribution in [3.05, 3.63) is 18.6 Å². The molecule has 1 aliphatic rings. The lowest BCUT2D eigenvalue weighted by Gasteiger charge is -2.38. The van der Waals surface area contributed by atoms with E-state index < -0.39 is 5.92 Å². The second-order valence-corrected chi connectivity index (χ2v) is 7.30. The molecule has 0 bridgehead atoms. The van der Waals surface area contributed by atoms with E-state index in [0.717, 1.165) is 29.7 Å². The summed E-state index contributed by atoms with van der Waals surface area (Å²) in [6.45, 7) is 1.01. The molecule has 25 heavy (non-hydrogen) atoms. The second kappa shape index (κ2) is 7.48. The topological polar surface area (TPSA) is 60.4 Å². The van der Waals surface area contributed by atoms with Gasteiger partial charge in [-0.2, -0.15) is 8.78 Å². The first-order valence-electron chi connectivity index (χ1n) is 8.16. The van der Waals surface area contributed by atoms with Gasteiger partial charge in [0.05, 0.1) is 11.9 Å². The molecular formula is C16H21F2IN6. The van der Waals surface area contributed by atoms with Crippen molar-refractivity contribution in [1.29, 1.82) is 0 Å². The van der Waals surface area contributed by atoms with Crippen LogP contribution in [0.15, 0.2) is 23.6 Å². The Morgan fingerprint density at radius 2 is 2.16 bits per heavy atom. The van der Waals surface area contributed by atoms with E-state index in [9.17, 15) is 8.78 Å². The van der Waals surface area contributed by atoms with Crippen LogP contribution in [0.4, 0.5) is 14.6 Å². The highest BCUT2D eigenvalue weighted by atomic mass is 127. The van der Waals surface area contributed by atoms with Gasteiger partial charge in [-0.1, -0.05) is 0 Å². The number of aliphatic imine (C=N–C) groups is 1. The summed E-state index contributed by atoms with van der Waals surface area (Å²) < 4.78 is 28.0. The number of nitrogens with one attached hydrogen (secondary N) is 1. The van der Waals surface area contributed by atoms with Crippen LogP contribution in [0.1, 0.15) is 12.8 Å². The standard InChI is InChI=1S/C16H21F2IN6/c1-20-15(19)16(17,18)9-25-7-4-11(5-8-25)24(2)14-12-3-6-21-13(12)22-10-23-14/h3,6,10-11H,4-5,7-9H2,1-2H3,(H,21,22,23). The lowest BCUT2D eigenvalue weighted by molar-refractivity contribution is 0.0279. The zero-order valence-corrected chi connectivity index (χ0v) is 16.4. The fourth-order valence-corrected chi connectivity index (χ4v) is 3.46. The molecule has 3 rings (SSSR count). The highest BCUT2D eigenvalue weighted by Crippen LogP contribution is 2.28. The zero-order chi connectivity index (χ0) is 18.0. The lowest BCUT2D eigenvalue weighted by atomic mass is 10.0. The first-order chi connectivity index (χ1) is 11.9. The zero-order valence-electron chi connectivity index (χ0n) is 14.2. The van der Waals surface area contributed by atoms with E-state index in [4.69, 9.17) is 0 Å². The van der Waals surface area contributed by atoms with Crippen molar-refractivity contribution >= 4 is 43.2 Å². The van der Waals surface area contributed by atoms with E-state index >= 15 is 0 Å². The predicted octanol–water partition coefficient (Wildman–Crippen LogP) is 2.96. The second-order valence-electron chi connectivity index (χ2n) is 6.27. The Balaban J connectivity index is 1.63. The number of aromatic nitrogens is 3. The number of likely N-dealkylation sites (tertiary alicyclic amines) is 1. The first kappa shape index (κ1) is 18.4. The molecule has 0 aliphatic carbocycles. The Hall–Kier alpha value is -1.36. The highest BCUT2D eigenvalue weighted by Gasteiger charge is 2.37. The van der Waals surface area contributed by atoms with E-state index in [1.54, 1.807) is 28.9 Å². The molecule has 2 aromatic heterocycles. The van der Waals surface area contributed by atoms with E-state index in [0.29, 0.717) is 13.1 Å². The van der Waals surface area contributed by atoms with Gasteiger partial charge in [-0.15, -0.1) is 0 Å². The molecule has 1 saturated heterocycles. The summed E-state index contributed by atoms with van der Waals surface area (Å²) in [5, 5.41) is 0.979. The molecule has 1 aliphatic heterocycles. The highest BCUT2D eigenvalue weighted by molar-refractivity contribution is 14.1. The third-order valence-corrected chi connectivity index (χ3v) is 5.96. The monoisotopic (exact) mass is 462 g/mol. The maximum absolute atomic E-state index is 14.1. The average Bonchev–Trinajstić information content (AvgIpc) is 3.09. The summed E-state index contributed by atoms with van der Waals surface area (Å²) >= 11 is 1.62. The van der Waals surface area contributed by atoms with Crippen molar-refractivity contribution in [3.63, 3.8) is 0 Å². The minimum atomic E-state index is -2.88. The van der Waals surface area contributed by atoms with Crippen LogP contribution in [0.3, 0.4) is 0 Å². The number of rotatable bonds is 5. The van der Waals surface area contributed by atoms with Crippen LogP contribution in [-0.2, 0) is 0 Å². The molecule has 3 heterocycles. The van der Waals surface area contributed by atoms with Crippen molar-refractivity contribution in [2.24, 2.45) is 4.99 Å². The van der Waals surface area contributed by atoms with E-state index in [2.05, 4.69) is 24.8 Å². The molecule has 0 amide bonds. The number of piperidine rings is 1. The number of anilines is 1. The predicted molar refractivity (Wildman–Crippen MR) is 104 cm³/mol. The molecule has 0 saturated carbocycles. The number of alkyl halides is 2. The molecule has 6 nitrogen and oxygen atoms in total. The Morgan fingerprint density at radius 1 is 1.44 bits per heavy atom. The molecule has 0 radical (unpaired) electrons. The Bertz CT molecular complexity index is 754. The van der Waals surface area contributed by atoms with Gasteiger partial charge in [0.25, 0.3) is 0 Å². The molecule has 0 spiro atoms. The molecule has 2 aromatic rings. The van der Waals surface area contributed by atoms with Crippen molar-refractivity contribution in [2.45, 2.75) is 24.8 Å². The molecule has 136 valence electrons. The number of hydrogen-bond acceptors (Lipinski definition) is 5. The summed E-state index contributed by atoms with van der Waals surface area (Å²) in [4.78, 5) is 19.3. The Morgan fingerprint density at radius 3 is 2.84 bits per heavy atom. The van der Waals surface area contributed by atoms with Gasteiger partial charge in [0.1, 0.15) is 21.5 Å². The smallest absolute Gasteiger partial charge is 0.307 e. The van der Waals surface area contributed by atoms with Gasteiger partial charge in [-0.05, 0) is 41.5 Å². The lowest BCUT2D eigenvalue weighted by Crippen LogP contribution is -2.48. The molecule has 1 N–H and O–H groups in total. The van der Waals surface area contributed by atoms with Crippen molar-refractivity contribution in [1.82, 2.24) is 19.9 Å². The average molecular weight is 462 g/mol. The van der Waals surface area contributed by atoms with Gasteiger partial charge in [-0.3, -0.25) is 9.89 Å². The number of hydrogen-bond donors (Lipinski definition) is 1. The fourth-order valence-electron chi connectivity index (χ4n) is 3.29. The van der Waals surface area contributed by atoms with E-state index in [1.807, 2.05) is 24.2 Å². The summed E-state index contributed by atoms with van der Waals surface area (Å²) in [6.07, 6.45) is 5.04. The van der Waals surface area contributed by atoms with Gasteiger partial charge < -0.3 is 9.88 Å². The summed E-state index contributed by atoms with van der Waals surface area (Å²) in [5.74, 6) is -2.00. The van der Waals surface area contributed by atoms with Crippen LogP contribution in [0.2, 0.25) is 0 Å². The van der Waals surface area contributed by atoms with Crippen LogP contribution < -0.4 is 4.90 Å². The molecule has 0 atom stereocenters. The van der Waals surface area contributed by atoms with Crippen LogP contribution in [0, 0.1) is 0 Å². The summed E-state index contributed by atoms with van der Waals surface area (Å²) in [7, 11) is 3.41. The van der Waals surface area contributed by atoms with Gasteiger partial charge in [-0.25, -0.2) is 9.97 Å². The van der Waals surface area contributed by atoms with Gasteiger partial charge in [0.15, 0.2) is 0 Å². The van der Waals surface area contributed by atoms with Crippen LogP contribution in [-0.4, -0.2) is 69.3 Å². The molecule has 0 unspecified atom stereocenters. The van der Waals surface area contributed by atoms with Gasteiger partial charge in [0.2, 0.25) is 0 Å². The van der Waals surface area contributed by atoms with Crippen molar-refractivity contribution in [3.8, 4) is 0 Å². The van der Waals surface area contributed by atoms with Crippen molar-refractivity contribution < 1.29 is 8.78 Å². The number of fused-ring (bicyclic) bond motifs is 1. The largest absolute Gasteiger partial charge is 0.356 e. The molecular weight excluding hydrogens is 441 g/mol. The summed E-state index contributed by atoms with van der Waals surface area (Å²) in [5.41, 5.74) is 0.808. The minimum absolute atomic E-state index is 0.139. The summed E-state index contributed by atoms with van der Waals surface area (Å²) in [6, 6.07) is 2.24. The Kier molecular flexibility index (Phi) is 5.52. The van der Waals surface area contributed by atoms with E-state index in [1.165, 1.54) is 7.05 Å². The van der Waals surface area contributed by atoms with Crippen LogP contribution in [0.5, 0.6) is 0 Å². The maximum atomic E-state index is 14.1. The third kappa shape index (κ3) is 3.91. The minimum Gasteiger partial charge on any atom is -0.356 e. The molecule has 0 aromatic carbocycles. The Labute approximate surface area is 158 Å². The maximum Gasteiger partial charge on any atom is 0.307 e. The molecule has 9 heteroatoms. The van der Waals surface area contributed by atoms with E-state index in [-0.39, 0.29) is 16.3 Å².